The molecule has 1 atom stereocenters. The van der Waals surface area contributed by atoms with Crippen LogP contribution in [0, 0.1) is 0 Å². The average molecular weight is 619 g/mol. The Kier molecular flexibility index (Phi) is 11.7. The standard InChI is InChI=1S/C33H35ClN4O4S/c1-2-42-27-14-12-24(13-15-27)20-29(37-31(39)30-28(34)17-19-43-30)32(40)38(18-16-23-6-4-3-5-7-23)33(41)36-22-26-10-8-25(21-35)9-11-26/h3-15,17,19,29H,2,16,18,20-22,35H2,1H3,(H,36,41)(H,37,39)/t29-/m1/s1. The van der Waals surface area contributed by atoms with E-state index in [0.29, 0.717) is 35.2 Å². The van der Waals surface area contributed by atoms with Crippen LogP contribution in [0.25, 0.3) is 0 Å². The van der Waals surface area contributed by atoms with Crippen molar-refractivity contribution in [3.05, 3.63) is 122 Å². The van der Waals surface area contributed by atoms with E-state index in [9.17, 15) is 14.4 Å². The fourth-order valence-corrected chi connectivity index (χ4v) is 5.50. The second kappa shape index (κ2) is 15.9. The number of amides is 4. The lowest BCUT2D eigenvalue weighted by molar-refractivity contribution is -0.130. The Morgan fingerprint density at radius 1 is 0.907 bits per heavy atom. The highest BCUT2D eigenvalue weighted by Crippen LogP contribution is 2.22. The van der Waals surface area contributed by atoms with E-state index in [1.165, 1.54) is 16.2 Å². The molecular formula is C33H35ClN4O4S. The minimum atomic E-state index is -1.03. The maximum Gasteiger partial charge on any atom is 0.324 e. The minimum absolute atomic E-state index is 0.121. The minimum Gasteiger partial charge on any atom is -0.494 e. The van der Waals surface area contributed by atoms with Gasteiger partial charge >= 0.3 is 6.03 Å². The van der Waals surface area contributed by atoms with Crippen molar-refractivity contribution in [3.63, 3.8) is 0 Å². The first-order valence-corrected chi connectivity index (χ1v) is 15.3. The van der Waals surface area contributed by atoms with Crippen LogP contribution in [0.15, 0.2) is 90.3 Å². The number of urea groups is 1. The molecule has 0 fully saturated rings. The zero-order valence-corrected chi connectivity index (χ0v) is 25.5. The first-order valence-electron chi connectivity index (χ1n) is 14.0. The van der Waals surface area contributed by atoms with Crippen LogP contribution < -0.4 is 21.1 Å². The topological polar surface area (TPSA) is 114 Å². The summed E-state index contributed by atoms with van der Waals surface area (Å²) in [4.78, 5) is 42.4. The molecular weight excluding hydrogens is 584 g/mol. The molecule has 0 bridgehead atoms. The Morgan fingerprint density at radius 2 is 1.58 bits per heavy atom. The molecule has 4 N–H and O–H groups in total. The van der Waals surface area contributed by atoms with Crippen LogP contribution in [0.3, 0.4) is 0 Å². The molecule has 0 aliphatic carbocycles. The highest BCUT2D eigenvalue weighted by Gasteiger charge is 2.31. The number of rotatable bonds is 13. The van der Waals surface area contributed by atoms with Crippen LogP contribution in [0.4, 0.5) is 4.79 Å². The third-order valence-electron chi connectivity index (χ3n) is 6.78. The first kappa shape index (κ1) is 31.7. The van der Waals surface area contributed by atoms with Gasteiger partial charge in [-0.2, -0.15) is 0 Å². The van der Waals surface area contributed by atoms with Gasteiger partial charge in [0.1, 0.15) is 16.7 Å². The molecule has 1 aromatic heterocycles. The highest BCUT2D eigenvalue weighted by molar-refractivity contribution is 7.12. The van der Waals surface area contributed by atoms with Crippen molar-refractivity contribution in [2.75, 3.05) is 13.2 Å². The van der Waals surface area contributed by atoms with Crippen LogP contribution in [-0.4, -0.2) is 41.9 Å². The lowest BCUT2D eigenvalue weighted by Crippen LogP contribution is -2.54. The molecule has 0 unspecified atom stereocenters. The molecule has 3 aromatic carbocycles. The van der Waals surface area contributed by atoms with Crippen molar-refractivity contribution in [2.45, 2.75) is 38.9 Å². The van der Waals surface area contributed by atoms with Gasteiger partial charge in [-0.1, -0.05) is 78.3 Å². The van der Waals surface area contributed by atoms with Crippen molar-refractivity contribution in [1.29, 1.82) is 0 Å². The maximum atomic E-state index is 14.1. The van der Waals surface area contributed by atoms with Gasteiger partial charge in [0.2, 0.25) is 0 Å². The lowest BCUT2D eigenvalue weighted by Gasteiger charge is -2.27. The second-order valence-electron chi connectivity index (χ2n) is 9.81. The Labute approximate surface area is 260 Å². The number of carbonyl (C=O) groups is 3. The van der Waals surface area contributed by atoms with Crippen LogP contribution in [-0.2, 0) is 30.7 Å². The number of nitrogens with one attached hydrogen (secondary N) is 2. The molecule has 8 nitrogen and oxygen atoms in total. The molecule has 4 rings (SSSR count). The van der Waals surface area contributed by atoms with Gasteiger partial charge in [0.15, 0.2) is 0 Å². The summed E-state index contributed by atoms with van der Waals surface area (Å²) >= 11 is 7.41. The molecule has 4 amide bonds. The van der Waals surface area contributed by atoms with Gasteiger partial charge in [-0.15, -0.1) is 11.3 Å². The van der Waals surface area contributed by atoms with Crippen molar-refractivity contribution in [3.8, 4) is 5.75 Å². The summed E-state index contributed by atoms with van der Waals surface area (Å²) in [5.41, 5.74) is 9.32. The molecule has 43 heavy (non-hydrogen) atoms. The van der Waals surface area contributed by atoms with Crippen molar-refractivity contribution >= 4 is 40.8 Å². The van der Waals surface area contributed by atoms with E-state index >= 15 is 0 Å². The normalized spacial score (nSPS) is 11.4. The molecule has 0 radical (unpaired) electrons. The molecule has 10 heteroatoms. The Hall–Kier alpha value is -4.18. The average Bonchev–Trinajstić information content (AvgIpc) is 3.47. The molecule has 0 spiro atoms. The number of halogens is 1. The molecule has 224 valence electrons. The molecule has 0 saturated heterocycles. The van der Waals surface area contributed by atoms with Crippen LogP contribution in [0.5, 0.6) is 5.75 Å². The van der Waals surface area contributed by atoms with Gasteiger partial charge in [-0.25, -0.2) is 4.79 Å². The number of imide groups is 1. The van der Waals surface area contributed by atoms with Gasteiger partial charge in [0.05, 0.1) is 11.6 Å². The van der Waals surface area contributed by atoms with E-state index in [-0.39, 0.29) is 19.5 Å². The predicted molar refractivity (Wildman–Crippen MR) is 170 cm³/mol. The monoisotopic (exact) mass is 618 g/mol. The summed E-state index contributed by atoms with van der Waals surface area (Å²) in [5.74, 6) is -0.304. The van der Waals surface area contributed by atoms with Crippen LogP contribution >= 0.6 is 22.9 Å². The van der Waals surface area contributed by atoms with Gasteiger partial charge in [0, 0.05) is 26.1 Å². The van der Waals surface area contributed by atoms with Gasteiger partial charge in [0.25, 0.3) is 11.8 Å². The van der Waals surface area contributed by atoms with E-state index in [4.69, 9.17) is 22.1 Å². The maximum absolute atomic E-state index is 14.1. The number of carbonyl (C=O) groups excluding carboxylic acids is 3. The van der Waals surface area contributed by atoms with E-state index in [0.717, 1.165) is 22.3 Å². The van der Waals surface area contributed by atoms with Crippen LogP contribution in [0.2, 0.25) is 5.02 Å². The van der Waals surface area contributed by atoms with Gasteiger partial charge in [-0.3, -0.25) is 14.5 Å². The quantitative estimate of drug-likeness (QED) is 0.181. The summed E-state index contributed by atoms with van der Waals surface area (Å²) in [7, 11) is 0. The number of ether oxygens (including phenoxy) is 1. The summed E-state index contributed by atoms with van der Waals surface area (Å²) in [6.07, 6.45) is 0.612. The zero-order chi connectivity index (χ0) is 30.6. The third kappa shape index (κ3) is 9.15. The molecule has 0 saturated carbocycles. The predicted octanol–water partition coefficient (Wildman–Crippen LogP) is 5.58. The zero-order valence-electron chi connectivity index (χ0n) is 23.9. The van der Waals surface area contributed by atoms with E-state index in [1.807, 2.05) is 85.8 Å². The SMILES string of the molecule is CCOc1ccc(C[C@@H](NC(=O)c2sccc2Cl)C(=O)N(CCc2ccccc2)C(=O)NCc2ccc(CN)cc2)cc1. The second-order valence-corrected chi connectivity index (χ2v) is 11.1. The number of nitrogens with zero attached hydrogens (tertiary/aromatic N) is 1. The number of hydrogen-bond donors (Lipinski definition) is 3. The summed E-state index contributed by atoms with van der Waals surface area (Å²) in [6, 6.07) is 24.5. The van der Waals surface area contributed by atoms with Crippen molar-refractivity contribution in [1.82, 2.24) is 15.5 Å². The number of nitrogens with two attached hydrogens (primary N) is 1. The Balaban J connectivity index is 1.58. The summed E-state index contributed by atoms with van der Waals surface area (Å²) in [6.45, 7) is 3.20. The summed E-state index contributed by atoms with van der Waals surface area (Å²) < 4.78 is 5.54. The molecule has 1 heterocycles. The number of benzene rings is 3. The molecule has 0 aliphatic heterocycles. The fraction of sp³-hybridized carbons (Fsp3) is 0.242. The Morgan fingerprint density at radius 3 is 2.21 bits per heavy atom. The summed E-state index contributed by atoms with van der Waals surface area (Å²) in [5, 5.41) is 7.72. The largest absolute Gasteiger partial charge is 0.494 e. The highest BCUT2D eigenvalue weighted by atomic mass is 35.5. The van der Waals surface area contributed by atoms with E-state index in [1.54, 1.807) is 11.4 Å². The fourth-order valence-electron chi connectivity index (χ4n) is 4.46. The first-order chi connectivity index (χ1) is 20.9. The van der Waals surface area contributed by atoms with E-state index in [2.05, 4.69) is 10.6 Å². The smallest absolute Gasteiger partial charge is 0.324 e. The Bertz CT molecular complexity index is 1490. The van der Waals surface area contributed by atoms with E-state index < -0.39 is 23.9 Å². The lowest BCUT2D eigenvalue weighted by atomic mass is 10.0. The van der Waals surface area contributed by atoms with Gasteiger partial charge in [-0.05, 0) is 59.2 Å². The third-order valence-corrected chi connectivity index (χ3v) is 8.12. The van der Waals surface area contributed by atoms with Gasteiger partial charge < -0.3 is 21.1 Å². The number of thiophene rings is 1. The van der Waals surface area contributed by atoms with Crippen LogP contribution in [0.1, 0.15) is 38.8 Å². The number of hydrogen-bond acceptors (Lipinski definition) is 6. The molecule has 4 aromatic rings. The van der Waals surface area contributed by atoms with Crippen molar-refractivity contribution in [2.24, 2.45) is 5.73 Å². The molecule has 0 aliphatic rings. The van der Waals surface area contributed by atoms with Crippen molar-refractivity contribution < 1.29 is 19.1 Å².